The van der Waals surface area contributed by atoms with Gasteiger partial charge in [-0.15, -0.1) is 11.3 Å². The number of thiophene rings is 1. The van der Waals surface area contributed by atoms with Crippen molar-refractivity contribution in [1.82, 2.24) is 9.97 Å². The van der Waals surface area contributed by atoms with Crippen molar-refractivity contribution in [3.8, 4) is 0 Å². The van der Waals surface area contributed by atoms with Gasteiger partial charge in [-0.05, 0) is 23.6 Å². The number of anilines is 1. The summed E-state index contributed by atoms with van der Waals surface area (Å²) in [5, 5.41) is 2.74. The molecule has 0 spiro atoms. The maximum atomic E-state index is 12.7. The molecule has 8 heteroatoms. The number of primary amides is 1. The Balaban J connectivity index is 1.73. The molecule has 0 bridgehead atoms. The van der Waals surface area contributed by atoms with Crippen LogP contribution in [0.4, 0.5) is 5.69 Å². The number of carbonyl (C=O) groups excluding carboxylic acids is 2. The van der Waals surface area contributed by atoms with Gasteiger partial charge in [-0.2, -0.15) is 0 Å². The summed E-state index contributed by atoms with van der Waals surface area (Å²) < 4.78 is 0.976. The minimum absolute atomic E-state index is 0.0965. The highest BCUT2D eigenvalue weighted by Crippen LogP contribution is 2.29. The molecule has 0 aliphatic rings. The lowest BCUT2D eigenvalue weighted by Gasteiger charge is -2.22. The number of benzene rings is 1. The standard InChI is InChI=1S/C17H16N4O2S2/c18-14(22)6-8-21(12-4-2-1-3-5-12)15(23)10-25-17-16-13(7-9-24-16)19-11-20-17/h1-5,7,9,11H,6,8,10H2,(H2,18,22). The Morgan fingerprint density at radius 2 is 1.96 bits per heavy atom. The molecule has 0 radical (unpaired) electrons. The highest BCUT2D eigenvalue weighted by Gasteiger charge is 2.17. The number of rotatable bonds is 7. The van der Waals surface area contributed by atoms with E-state index in [0.29, 0.717) is 0 Å². The van der Waals surface area contributed by atoms with Crippen LogP contribution in [0.3, 0.4) is 0 Å². The van der Waals surface area contributed by atoms with Gasteiger partial charge in [0.2, 0.25) is 11.8 Å². The minimum Gasteiger partial charge on any atom is -0.370 e. The first-order chi connectivity index (χ1) is 12.1. The molecule has 0 saturated carbocycles. The van der Waals surface area contributed by atoms with Crippen molar-refractivity contribution in [2.75, 3.05) is 17.2 Å². The molecule has 3 aromatic rings. The second-order valence-corrected chi connectivity index (χ2v) is 7.08. The summed E-state index contributed by atoms with van der Waals surface area (Å²) in [7, 11) is 0. The Morgan fingerprint density at radius 3 is 2.72 bits per heavy atom. The summed E-state index contributed by atoms with van der Waals surface area (Å²) in [6.07, 6.45) is 1.62. The zero-order valence-electron chi connectivity index (χ0n) is 13.3. The Bertz CT molecular complexity index is 882. The summed E-state index contributed by atoms with van der Waals surface area (Å²) in [4.78, 5) is 33.9. The van der Waals surface area contributed by atoms with Crippen LogP contribution in [0.25, 0.3) is 10.2 Å². The van der Waals surface area contributed by atoms with Gasteiger partial charge in [0.1, 0.15) is 11.4 Å². The second-order valence-electron chi connectivity index (χ2n) is 5.20. The normalized spacial score (nSPS) is 10.7. The largest absolute Gasteiger partial charge is 0.370 e. The molecular weight excluding hydrogens is 356 g/mol. The molecule has 0 fully saturated rings. The number of hydrogen-bond acceptors (Lipinski definition) is 6. The van der Waals surface area contributed by atoms with E-state index in [1.807, 2.05) is 41.8 Å². The molecule has 2 heterocycles. The predicted molar refractivity (Wildman–Crippen MR) is 101 cm³/mol. The van der Waals surface area contributed by atoms with Crippen LogP contribution in [0.5, 0.6) is 0 Å². The van der Waals surface area contributed by atoms with Gasteiger partial charge in [-0.3, -0.25) is 9.59 Å². The van der Waals surface area contributed by atoms with Gasteiger partial charge in [0.15, 0.2) is 0 Å². The Hall–Kier alpha value is -2.45. The highest BCUT2D eigenvalue weighted by atomic mass is 32.2. The van der Waals surface area contributed by atoms with E-state index >= 15 is 0 Å². The average Bonchev–Trinajstić information content (AvgIpc) is 3.10. The van der Waals surface area contributed by atoms with Crippen molar-refractivity contribution in [3.05, 3.63) is 48.1 Å². The molecule has 2 N–H and O–H groups in total. The van der Waals surface area contributed by atoms with Gasteiger partial charge < -0.3 is 10.6 Å². The summed E-state index contributed by atoms with van der Waals surface area (Å²) in [6.45, 7) is 0.261. The van der Waals surface area contributed by atoms with Crippen molar-refractivity contribution >= 4 is 50.8 Å². The Kier molecular flexibility index (Phi) is 5.62. The van der Waals surface area contributed by atoms with E-state index < -0.39 is 5.91 Å². The number of aromatic nitrogens is 2. The van der Waals surface area contributed by atoms with E-state index in [9.17, 15) is 9.59 Å². The van der Waals surface area contributed by atoms with Gasteiger partial charge in [-0.25, -0.2) is 9.97 Å². The zero-order valence-corrected chi connectivity index (χ0v) is 14.9. The third kappa shape index (κ3) is 4.34. The van der Waals surface area contributed by atoms with E-state index in [1.165, 1.54) is 18.1 Å². The maximum Gasteiger partial charge on any atom is 0.237 e. The third-order valence-corrected chi connectivity index (χ3v) is 5.51. The van der Waals surface area contributed by atoms with Gasteiger partial charge in [0.25, 0.3) is 0 Å². The maximum absolute atomic E-state index is 12.7. The number of para-hydroxylation sites is 1. The molecule has 0 saturated heterocycles. The predicted octanol–water partition coefficient (Wildman–Crippen LogP) is 2.69. The SMILES string of the molecule is NC(=O)CCN(C(=O)CSc1ncnc2ccsc12)c1ccccc1. The quantitative estimate of drug-likeness (QED) is 0.509. The molecule has 2 amide bonds. The van der Waals surface area contributed by atoms with Gasteiger partial charge in [-0.1, -0.05) is 30.0 Å². The zero-order chi connectivity index (χ0) is 17.6. The summed E-state index contributed by atoms with van der Waals surface area (Å²) in [5.41, 5.74) is 6.86. The topological polar surface area (TPSA) is 89.2 Å². The first-order valence-corrected chi connectivity index (χ1v) is 9.46. The lowest BCUT2D eigenvalue weighted by atomic mass is 10.2. The number of hydrogen-bond donors (Lipinski definition) is 1. The number of amides is 2. The van der Waals surface area contributed by atoms with Crippen LogP contribution in [0.15, 0.2) is 53.1 Å². The molecule has 0 aliphatic carbocycles. The number of nitrogens with zero attached hydrogens (tertiary/aromatic N) is 3. The van der Waals surface area contributed by atoms with Crippen LogP contribution in [0.2, 0.25) is 0 Å². The lowest BCUT2D eigenvalue weighted by Crippen LogP contribution is -2.35. The molecule has 6 nitrogen and oxygen atoms in total. The van der Waals surface area contributed by atoms with Crippen LogP contribution >= 0.6 is 23.1 Å². The molecule has 0 aliphatic heterocycles. The smallest absolute Gasteiger partial charge is 0.237 e. The number of carbonyl (C=O) groups is 2. The Morgan fingerprint density at radius 1 is 1.16 bits per heavy atom. The van der Waals surface area contributed by atoms with E-state index in [0.717, 1.165) is 20.9 Å². The molecule has 25 heavy (non-hydrogen) atoms. The van der Waals surface area contributed by atoms with Crippen LogP contribution in [-0.4, -0.2) is 34.1 Å². The van der Waals surface area contributed by atoms with Crippen LogP contribution in [-0.2, 0) is 9.59 Å². The van der Waals surface area contributed by atoms with Crippen molar-refractivity contribution < 1.29 is 9.59 Å². The van der Waals surface area contributed by atoms with Crippen molar-refractivity contribution in [1.29, 1.82) is 0 Å². The van der Waals surface area contributed by atoms with E-state index in [2.05, 4.69) is 9.97 Å². The lowest BCUT2D eigenvalue weighted by molar-refractivity contribution is -0.118. The fourth-order valence-electron chi connectivity index (χ4n) is 2.30. The Labute approximate surface area is 153 Å². The van der Waals surface area contributed by atoms with Gasteiger partial charge in [0.05, 0.1) is 16.0 Å². The molecule has 0 atom stereocenters. The first-order valence-electron chi connectivity index (χ1n) is 7.60. The summed E-state index contributed by atoms with van der Waals surface area (Å²) in [5.74, 6) is -0.309. The molecule has 1 aromatic carbocycles. The van der Waals surface area contributed by atoms with Crippen LogP contribution in [0.1, 0.15) is 6.42 Å². The van der Waals surface area contributed by atoms with Gasteiger partial charge >= 0.3 is 0 Å². The van der Waals surface area contributed by atoms with E-state index in [4.69, 9.17) is 5.73 Å². The average molecular weight is 372 g/mol. The van der Waals surface area contributed by atoms with Crippen molar-refractivity contribution in [2.24, 2.45) is 5.73 Å². The molecule has 3 rings (SSSR count). The molecule has 128 valence electrons. The highest BCUT2D eigenvalue weighted by molar-refractivity contribution is 8.00. The third-order valence-electron chi connectivity index (χ3n) is 3.49. The fourth-order valence-corrected chi connectivity index (χ4v) is 4.13. The van der Waals surface area contributed by atoms with Crippen molar-refractivity contribution in [2.45, 2.75) is 11.4 Å². The van der Waals surface area contributed by atoms with Crippen LogP contribution < -0.4 is 10.6 Å². The number of fused-ring (bicyclic) bond motifs is 1. The summed E-state index contributed by atoms with van der Waals surface area (Å²) in [6, 6.07) is 11.2. The molecule has 0 unspecified atom stereocenters. The number of nitrogens with two attached hydrogens (primary N) is 1. The fraction of sp³-hybridized carbons (Fsp3) is 0.176. The minimum atomic E-state index is -0.433. The summed E-state index contributed by atoms with van der Waals surface area (Å²) >= 11 is 2.92. The van der Waals surface area contributed by atoms with E-state index in [-0.39, 0.29) is 24.6 Å². The first kappa shape index (κ1) is 17.4. The monoisotopic (exact) mass is 372 g/mol. The van der Waals surface area contributed by atoms with E-state index in [1.54, 1.807) is 16.2 Å². The van der Waals surface area contributed by atoms with Gasteiger partial charge in [0, 0.05) is 18.7 Å². The van der Waals surface area contributed by atoms with Crippen molar-refractivity contribution in [3.63, 3.8) is 0 Å². The second kappa shape index (κ2) is 8.09. The molecule has 2 aromatic heterocycles. The number of thioether (sulfide) groups is 1. The van der Waals surface area contributed by atoms with Crippen LogP contribution in [0, 0.1) is 0 Å². The molecular formula is C17H16N4O2S2.